The highest BCUT2D eigenvalue weighted by Gasteiger charge is 2.13. The molecule has 0 unspecified atom stereocenters. The van der Waals surface area contributed by atoms with Crippen molar-refractivity contribution >= 4 is 34.4 Å². The van der Waals surface area contributed by atoms with Gasteiger partial charge in [-0.15, -0.1) is 11.3 Å². The number of nitrogens with zero attached hydrogens (tertiary/aromatic N) is 1. The Morgan fingerprint density at radius 2 is 2.29 bits per heavy atom. The molecule has 0 spiro atoms. The normalized spacial score (nSPS) is 9.94. The van der Waals surface area contributed by atoms with Crippen molar-refractivity contribution < 1.29 is 8.98 Å². The first-order valence-electron chi connectivity index (χ1n) is 4.82. The summed E-state index contributed by atoms with van der Waals surface area (Å²) >= 11 is 2.58. The monoisotopic (exact) mass is 266 g/mol. The van der Waals surface area contributed by atoms with Crippen LogP contribution in [0.5, 0.6) is 5.75 Å². The number of benzene rings is 1. The number of amides is 1. The largest absolute Gasteiger partial charge is 0.425 e. The van der Waals surface area contributed by atoms with E-state index in [1.165, 1.54) is 23.4 Å². The zero-order valence-electron chi connectivity index (χ0n) is 9.04. The summed E-state index contributed by atoms with van der Waals surface area (Å²) in [4.78, 5) is 16.0. The molecule has 0 atom stereocenters. The van der Waals surface area contributed by atoms with Crippen LogP contribution in [0.3, 0.4) is 0 Å². The van der Waals surface area contributed by atoms with E-state index in [4.69, 9.17) is 4.18 Å². The van der Waals surface area contributed by atoms with Crippen LogP contribution in [0, 0.1) is 0 Å². The summed E-state index contributed by atoms with van der Waals surface area (Å²) in [5.41, 5.74) is 0.497. The van der Waals surface area contributed by atoms with E-state index in [-0.39, 0.29) is 5.91 Å². The smallest absolute Gasteiger partial charge is 0.261 e. The first kappa shape index (κ1) is 11.9. The summed E-state index contributed by atoms with van der Waals surface area (Å²) in [6.45, 7) is 0. The molecule has 17 heavy (non-hydrogen) atoms. The number of carbonyl (C=O) groups is 1. The van der Waals surface area contributed by atoms with Gasteiger partial charge in [0.25, 0.3) is 5.91 Å². The van der Waals surface area contributed by atoms with E-state index < -0.39 is 0 Å². The Kier molecular flexibility index (Phi) is 4.00. The molecule has 0 saturated carbocycles. The van der Waals surface area contributed by atoms with Gasteiger partial charge in [-0.25, -0.2) is 4.98 Å². The average molecular weight is 266 g/mol. The van der Waals surface area contributed by atoms with Crippen LogP contribution in [-0.2, 0) is 0 Å². The fourth-order valence-electron chi connectivity index (χ4n) is 1.27. The Hall–Kier alpha value is -1.53. The maximum Gasteiger partial charge on any atom is 0.261 e. The number of nitrogens with one attached hydrogen (secondary N) is 1. The third-order valence-corrected chi connectivity index (χ3v) is 2.99. The zero-order chi connectivity index (χ0) is 12.1. The Morgan fingerprint density at radius 3 is 3.00 bits per heavy atom. The van der Waals surface area contributed by atoms with Gasteiger partial charge in [-0.2, -0.15) is 0 Å². The maximum atomic E-state index is 12.0. The van der Waals surface area contributed by atoms with Gasteiger partial charge in [-0.05, 0) is 12.1 Å². The molecular weight excluding hydrogens is 256 g/mol. The van der Waals surface area contributed by atoms with Crippen molar-refractivity contribution in [2.24, 2.45) is 0 Å². The topological polar surface area (TPSA) is 51.2 Å². The number of carbonyl (C=O) groups excluding carboxylic acids is 1. The lowest BCUT2D eigenvalue weighted by Gasteiger charge is -2.07. The van der Waals surface area contributed by atoms with E-state index in [0.29, 0.717) is 16.4 Å². The number of para-hydroxylation sites is 1. The van der Waals surface area contributed by atoms with Crippen molar-refractivity contribution in [3.63, 3.8) is 0 Å². The summed E-state index contributed by atoms with van der Waals surface area (Å²) < 4.78 is 5.32. The summed E-state index contributed by atoms with van der Waals surface area (Å²) in [6.07, 6.45) is 3.44. The van der Waals surface area contributed by atoms with E-state index in [1.54, 1.807) is 36.0 Å². The van der Waals surface area contributed by atoms with E-state index >= 15 is 0 Å². The minimum atomic E-state index is -0.218. The lowest BCUT2D eigenvalue weighted by molar-refractivity contribution is 0.102. The number of thiazole rings is 1. The second-order valence-electron chi connectivity index (χ2n) is 3.04. The molecule has 1 aromatic carbocycles. The Balaban J connectivity index is 2.18. The van der Waals surface area contributed by atoms with Crippen LogP contribution in [0.15, 0.2) is 35.8 Å². The summed E-state index contributed by atoms with van der Waals surface area (Å²) in [6, 6.07) is 7.09. The first-order chi connectivity index (χ1) is 8.31. The number of rotatable bonds is 4. The van der Waals surface area contributed by atoms with Gasteiger partial charge < -0.3 is 4.18 Å². The highest BCUT2D eigenvalue weighted by molar-refractivity contribution is 7.94. The molecule has 1 aromatic heterocycles. The molecule has 0 aliphatic rings. The van der Waals surface area contributed by atoms with Crippen LogP contribution >= 0.6 is 23.4 Å². The second kappa shape index (κ2) is 5.70. The number of hydrogen-bond acceptors (Lipinski definition) is 5. The minimum Gasteiger partial charge on any atom is -0.425 e. The summed E-state index contributed by atoms with van der Waals surface area (Å²) in [5.74, 6) is 0.332. The van der Waals surface area contributed by atoms with Gasteiger partial charge >= 0.3 is 0 Å². The summed E-state index contributed by atoms with van der Waals surface area (Å²) in [5, 5.41) is 5.10. The van der Waals surface area contributed by atoms with Gasteiger partial charge in [-0.3, -0.25) is 10.1 Å². The molecule has 0 fully saturated rings. The van der Waals surface area contributed by atoms with Crippen LogP contribution in [0.1, 0.15) is 10.4 Å². The minimum absolute atomic E-state index is 0.218. The number of anilines is 1. The van der Waals surface area contributed by atoms with Gasteiger partial charge in [-0.1, -0.05) is 12.1 Å². The molecule has 0 saturated heterocycles. The van der Waals surface area contributed by atoms with E-state index in [2.05, 4.69) is 10.3 Å². The van der Waals surface area contributed by atoms with Crippen molar-refractivity contribution in [3.8, 4) is 5.75 Å². The van der Waals surface area contributed by atoms with Gasteiger partial charge in [0, 0.05) is 17.8 Å². The molecule has 0 aliphatic heterocycles. The molecule has 1 amide bonds. The first-order valence-corrected chi connectivity index (χ1v) is 6.84. The second-order valence-corrected chi connectivity index (χ2v) is 4.43. The standard InChI is InChI=1S/C11H10N2O2S2/c1-16-15-9-5-3-2-4-8(9)10(14)13-11-12-6-7-17-11/h2-7H,1H3,(H,12,13,14). The van der Waals surface area contributed by atoms with Crippen molar-refractivity contribution in [3.05, 3.63) is 41.4 Å². The van der Waals surface area contributed by atoms with E-state index in [0.717, 1.165) is 0 Å². The van der Waals surface area contributed by atoms with Crippen LogP contribution in [0.4, 0.5) is 5.13 Å². The van der Waals surface area contributed by atoms with E-state index in [1.807, 2.05) is 6.07 Å². The number of aromatic nitrogens is 1. The van der Waals surface area contributed by atoms with Crippen molar-refractivity contribution in [2.75, 3.05) is 11.6 Å². The van der Waals surface area contributed by atoms with Crippen molar-refractivity contribution in [1.29, 1.82) is 0 Å². The fraction of sp³-hybridized carbons (Fsp3) is 0.0909. The average Bonchev–Trinajstić information content (AvgIpc) is 2.83. The van der Waals surface area contributed by atoms with E-state index in [9.17, 15) is 4.79 Å². The van der Waals surface area contributed by atoms with Gasteiger partial charge in [0.15, 0.2) is 5.13 Å². The molecule has 4 nitrogen and oxygen atoms in total. The predicted molar refractivity (Wildman–Crippen MR) is 70.7 cm³/mol. The SMILES string of the molecule is CSOc1ccccc1C(=O)Nc1nccs1. The fourth-order valence-corrected chi connectivity index (χ4v) is 2.12. The van der Waals surface area contributed by atoms with Crippen LogP contribution < -0.4 is 9.50 Å². The molecular formula is C11H10N2O2S2. The van der Waals surface area contributed by atoms with Gasteiger partial charge in [0.2, 0.25) is 0 Å². The Morgan fingerprint density at radius 1 is 1.47 bits per heavy atom. The van der Waals surface area contributed by atoms with Crippen LogP contribution in [0.2, 0.25) is 0 Å². The zero-order valence-corrected chi connectivity index (χ0v) is 10.7. The van der Waals surface area contributed by atoms with Crippen LogP contribution in [0.25, 0.3) is 0 Å². The molecule has 88 valence electrons. The van der Waals surface area contributed by atoms with Gasteiger partial charge in [0.05, 0.1) is 17.6 Å². The molecule has 2 aromatic rings. The molecule has 2 rings (SSSR count). The van der Waals surface area contributed by atoms with Gasteiger partial charge in [0.1, 0.15) is 5.75 Å². The molecule has 1 heterocycles. The van der Waals surface area contributed by atoms with Crippen molar-refractivity contribution in [2.45, 2.75) is 0 Å². The molecule has 1 N–H and O–H groups in total. The lowest BCUT2D eigenvalue weighted by Crippen LogP contribution is -2.12. The highest BCUT2D eigenvalue weighted by atomic mass is 32.2. The third-order valence-electron chi connectivity index (χ3n) is 1.96. The predicted octanol–water partition coefficient (Wildman–Crippen LogP) is 3.05. The quantitative estimate of drug-likeness (QED) is 0.864. The highest BCUT2D eigenvalue weighted by Crippen LogP contribution is 2.22. The Labute approximate surface area is 107 Å². The van der Waals surface area contributed by atoms with Crippen molar-refractivity contribution in [1.82, 2.24) is 4.98 Å². The lowest BCUT2D eigenvalue weighted by atomic mass is 10.2. The maximum absolute atomic E-state index is 12.0. The number of hydrogen-bond donors (Lipinski definition) is 1. The van der Waals surface area contributed by atoms with Crippen LogP contribution in [-0.4, -0.2) is 17.1 Å². The third kappa shape index (κ3) is 2.98. The molecule has 0 radical (unpaired) electrons. The molecule has 6 heteroatoms. The molecule has 0 bridgehead atoms. The molecule has 0 aliphatic carbocycles. The summed E-state index contributed by atoms with van der Waals surface area (Å²) in [7, 11) is 0. The Bertz CT molecular complexity index is 500.